The van der Waals surface area contributed by atoms with Crippen LogP contribution in [0.15, 0.2) is 12.7 Å². The maximum absolute atomic E-state index is 10.9. The summed E-state index contributed by atoms with van der Waals surface area (Å²) in [6.07, 6.45) is 7.66. The van der Waals surface area contributed by atoms with E-state index in [-0.39, 0.29) is 18.1 Å². The van der Waals surface area contributed by atoms with Gasteiger partial charge in [-0.15, -0.1) is 0 Å². The van der Waals surface area contributed by atoms with E-state index in [1.807, 2.05) is 6.92 Å². The molecule has 6 heteroatoms. The zero-order valence-corrected chi connectivity index (χ0v) is 12.7. The van der Waals surface area contributed by atoms with Gasteiger partial charge >= 0.3 is 14.8 Å². The molecular weight excluding hydrogens is 264 g/mol. The molecule has 0 saturated heterocycles. The van der Waals surface area contributed by atoms with Crippen LogP contribution < -0.4 is 0 Å². The molecule has 1 atom stereocenters. The van der Waals surface area contributed by atoms with Gasteiger partial charge in [-0.25, -0.2) is 4.79 Å². The quantitative estimate of drug-likeness (QED) is 0.233. The highest BCUT2D eigenvalue weighted by molar-refractivity contribution is 6.56. The summed E-state index contributed by atoms with van der Waals surface area (Å²) < 4.78 is 5.05. The molecule has 19 heavy (non-hydrogen) atoms. The molecule has 0 aromatic rings. The van der Waals surface area contributed by atoms with Crippen molar-refractivity contribution in [3.8, 4) is 0 Å². The van der Waals surface area contributed by atoms with Crippen molar-refractivity contribution >= 4 is 14.8 Å². The molecule has 0 amide bonds. The molecular formula is C13H26O5Si. The standard InChI is InChI=1S/C13H26O5Si/c1-3-13(14)18-12(2)10-8-6-4-5-7-9-11-19(15,16)17/h3,12,15-17H,1,4-11H2,2H3. The van der Waals surface area contributed by atoms with Crippen molar-refractivity contribution in [1.29, 1.82) is 0 Å². The summed E-state index contributed by atoms with van der Waals surface area (Å²) in [7, 11) is -3.82. The van der Waals surface area contributed by atoms with Crippen LogP contribution in [0, 0.1) is 0 Å². The van der Waals surface area contributed by atoms with Gasteiger partial charge in [-0.3, -0.25) is 0 Å². The van der Waals surface area contributed by atoms with Gasteiger partial charge in [0.15, 0.2) is 0 Å². The number of esters is 1. The molecule has 5 nitrogen and oxygen atoms in total. The van der Waals surface area contributed by atoms with Gasteiger partial charge in [-0.2, -0.15) is 0 Å². The summed E-state index contributed by atoms with van der Waals surface area (Å²) in [5, 5.41) is 0. The molecule has 3 N–H and O–H groups in total. The molecule has 0 aliphatic carbocycles. The fraction of sp³-hybridized carbons (Fsp3) is 0.769. The third kappa shape index (κ3) is 13.5. The lowest BCUT2D eigenvalue weighted by molar-refractivity contribution is -0.142. The smallest absolute Gasteiger partial charge is 0.460 e. The van der Waals surface area contributed by atoms with E-state index in [4.69, 9.17) is 19.1 Å². The van der Waals surface area contributed by atoms with E-state index >= 15 is 0 Å². The van der Waals surface area contributed by atoms with Crippen molar-refractivity contribution in [2.75, 3.05) is 0 Å². The Balaban J connectivity index is 3.31. The first-order chi connectivity index (χ1) is 8.85. The van der Waals surface area contributed by atoms with Gasteiger partial charge in [0.25, 0.3) is 0 Å². The molecule has 1 unspecified atom stereocenters. The Kier molecular flexibility index (Phi) is 9.77. The zero-order valence-electron chi connectivity index (χ0n) is 11.7. The van der Waals surface area contributed by atoms with Crippen LogP contribution >= 0.6 is 0 Å². The van der Waals surface area contributed by atoms with E-state index in [0.29, 0.717) is 6.42 Å². The number of hydrogen-bond acceptors (Lipinski definition) is 5. The maximum atomic E-state index is 10.9. The molecule has 0 aromatic heterocycles. The van der Waals surface area contributed by atoms with Crippen LogP contribution in [-0.4, -0.2) is 35.3 Å². The molecule has 0 fully saturated rings. The van der Waals surface area contributed by atoms with E-state index in [1.54, 1.807) is 0 Å². The van der Waals surface area contributed by atoms with E-state index in [1.165, 1.54) is 6.08 Å². The first kappa shape index (κ1) is 18.3. The molecule has 0 saturated carbocycles. The Labute approximate surface area is 116 Å². The molecule has 0 aromatic carbocycles. The Morgan fingerprint density at radius 1 is 1.16 bits per heavy atom. The van der Waals surface area contributed by atoms with E-state index in [0.717, 1.165) is 38.5 Å². The lowest BCUT2D eigenvalue weighted by atomic mass is 10.1. The second-order valence-corrected chi connectivity index (χ2v) is 6.93. The van der Waals surface area contributed by atoms with Crippen molar-refractivity contribution in [2.45, 2.75) is 64.0 Å². The van der Waals surface area contributed by atoms with Crippen LogP contribution in [0.25, 0.3) is 0 Å². The predicted octanol–water partition coefficient (Wildman–Crippen LogP) is 1.75. The highest BCUT2D eigenvalue weighted by Crippen LogP contribution is 2.13. The average molecular weight is 290 g/mol. The third-order valence-corrected chi connectivity index (χ3v) is 3.88. The van der Waals surface area contributed by atoms with Crippen LogP contribution in [0.4, 0.5) is 0 Å². The van der Waals surface area contributed by atoms with Gasteiger partial charge in [0, 0.05) is 12.1 Å². The second kappa shape index (κ2) is 10.1. The first-order valence-electron chi connectivity index (χ1n) is 6.85. The summed E-state index contributed by atoms with van der Waals surface area (Å²) in [6, 6.07) is 0.127. The number of ether oxygens (including phenoxy) is 1. The lowest BCUT2D eigenvalue weighted by Gasteiger charge is -2.11. The molecule has 0 bridgehead atoms. The average Bonchev–Trinajstić information content (AvgIpc) is 2.31. The Hall–Kier alpha value is -0.693. The maximum Gasteiger partial charge on any atom is 0.492 e. The van der Waals surface area contributed by atoms with Crippen LogP contribution in [-0.2, 0) is 9.53 Å². The number of hydrogen-bond donors (Lipinski definition) is 3. The van der Waals surface area contributed by atoms with Gasteiger partial charge in [0.2, 0.25) is 0 Å². The largest absolute Gasteiger partial charge is 0.492 e. The van der Waals surface area contributed by atoms with Gasteiger partial charge in [-0.1, -0.05) is 32.3 Å². The number of unbranched alkanes of at least 4 members (excludes halogenated alkanes) is 5. The minimum atomic E-state index is -3.82. The molecule has 0 radical (unpaired) electrons. The van der Waals surface area contributed by atoms with Crippen LogP contribution in [0.1, 0.15) is 51.9 Å². The fourth-order valence-electron chi connectivity index (χ4n) is 1.81. The SMILES string of the molecule is C=CC(=O)OC(C)CCCCCCCC[Si](O)(O)O. The van der Waals surface area contributed by atoms with Gasteiger partial charge in [0.1, 0.15) is 0 Å². The van der Waals surface area contributed by atoms with Crippen LogP contribution in [0.3, 0.4) is 0 Å². The minimum absolute atomic E-state index is 0.0738. The highest BCUT2D eigenvalue weighted by Gasteiger charge is 2.25. The van der Waals surface area contributed by atoms with Gasteiger partial charge < -0.3 is 19.1 Å². The fourth-order valence-corrected chi connectivity index (χ4v) is 2.53. The van der Waals surface area contributed by atoms with E-state index in [9.17, 15) is 4.79 Å². The number of rotatable bonds is 11. The number of carbonyl (C=O) groups excluding carboxylic acids is 1. The van der Waals surface area contributed by atoms with Crippen molar-refractivity contribution in [3.05, 3.63) is 12.7 Å². The summed E-state index contributed by atoms with van der Waals surface area (Å²) in [5.74, 6) is -0.378. The zero-order chi connectivity index (χ0) is 14.7. The third-order valence-electron chi connectivity index (χ3n) is 2.86. The molecule has 0 aliphatic rings. The van der Waals surface area contributed by atoms with Gasteiger partial charge in [-0.05, 0) is 26.2 Å². The molecule has 0 heterocycles. The Morgan fingerprint density at radius 3 is 2.21 bits per heavy atom. The summed E-state index contributed by atoms with van der Waals surface area (Å²) >= 11 is 0. The lowest BCUT2D eigenvalue weighted by Crippen LogP contribution is -2.33. The van der Waals surface area contributed by atoms with Crippen molar-refractivity contribution in [3.63, 3.8) is 0 Å². The van der Waals surface area contributed by atoms with Gasteiger partial charge in [0.05, 0.1) is 6.10 Å². The molecule has 112 valence electrons. The van der Waals surface area contributed by atoms with Crippen LogP contribution in [0.2, 0.25) is 6.04 Å². The van der Waals surface area contributed by atoms with Crippen molar-refractivity contribution in [2.24, 2.45) is 0 Å². The normalized spacial score (nSPS) is 13.1. The van der Waals surface area contributed by atoms with Crippen molar-refractivity contribution < 1.29 is 23.9 Å². The topological polar surface area (TPSA) is 87.0 Å². The molecule has 0 spiro atoms. The van der Waals surface area contributed by atoms with Crippen LogP contribution in [0.5, 0.6) is 0 Å². The van der Waals surface area contributed by atoms with Crippen molar-refractivity contribution in [1.82, 2.24) is 0 Å². The predicted molar refractivity (Wildman–Crippen MR) is 75.3 cm³/mol. The molecule has 0 rings (SSSR count). The highest BCUT2D eigenvalue weighted by atomic mass is 28.4. The monoisotopic (exact) mass is 290 g/mol. The Morgan fingerprint density at radius 2 is 1.68 bits per heavy atom. The molecule has 0 aliphatic heterocycles. The second-order valence-electron chi connectivity index (χ2n) is 4.89. The minimum Gasteiger partial charge on any atom is -0.460 e. The van der Waals surface area contributed by atoms with E-state index in [2.05, 4.69) is 6.58 Å². The first-order valence-corrected chi connectivity index (χ1v) is 8.90. The van der Waals surface area contributed by atoms with E-state index < -0.39 is 8.80 Å². The summed E-state index contributed by atoms with van der Waals surface area (Å²) in [6.45, 7) is 5.21. The summed E-state index contributed by atoms with van der Waals surface area (Å²) in [5.41, 5.74) is 0. The Bertz CT molecular complexity index is 262. The number of carbonyl (C=O) groups is 1. The summed E-state index contributed by atoms with van der Waals surface area (Å²) in [4.78, 5) is 37.4.